The molecular formula is C15H20ClNO2. The Hall–Kier alpha value is -1.35. The van der Waals surface area contributed by atoms with E-state index in [9.17, 15) is 10.1 Å². The van der Waals surface area contributed by atoms with Crippen LogP contribution < -0.4 is 0 Å². The predicted octanol–water partition coefficient (Wildman–Crippen LogP) is 5.00. The van der Waals surface area contributed by atoms with Gasteiger partial charge < -0.3 is 0 Å². The molecule has 3 nitrogen and oxygen atoms in total. The summed E-state index contributed by atoms with van der Waals surface area (Å²) < 4.78 is 0. The second kappa shape index (κ2) is 6.71. The first kappa shape index (κ1) is 15.7. The average molecular weight is 282 g/mol. The molecule has 1 rings (SSSR count). The van der Waals surface area contributed by atoms with Crippen molar-refractivity contribution in [1.29, 1.82) is 0 Å². The highest BCUT2D eigenvalue weighted by Crippen LogP contribution is 2.28. The first-order chi connectivity index (χ1) is 8.86. The Bertz CT molecular complexity index is 493. The molecule has 0 saturated heterocycles. The van der Waals surface area contributed by atoms with Crippen molar-refractivity contribution < 1.29 is 4.92 Å². The van der Waals surface area contributed by atoms with Gasteiger partial charge in [-0.3, -0.25) is 10.1 Å². The van der Waals surface area contributed by atoms with Gasteiger partial charge in [0, 0.05) is 17.5 Å². The van der Waals surface area contributed by atoms with Crippen LogP contribution in [0.3, 0.4) is 0 Å². The van der Waals surface area contributed by atoms with E-state index in [0.29, 0.717) is 11.8 Å². The van der Waals surface area contributed by atoms with Crippen LogP contribution in [0, 0.1) is 16.0 Å². The quantitative estimate of drug-likeness (QED) is 0.433. The van der Waals surface area contributed by atoms with Gasteiger partial charge in [-0.15, -0.1) is 11.6 Å². The summed E-state index contributed by atoms with van der Waals surface area (Å²) in [6.07, 6.45) is 1.94. The van der Waals surface area contributed by atoms with Gasteiger partial charge in [0.25, 0.3) is 5.69 Å². The van der Waals surface area contributed by atoms with E-state index in [0.717, 1.165) is 16.7 Å². The molecule has 0 saturated carbocycles. The van der Waals surface area contributed by atoms with E-state index in [1.165, 1.54) is 0 Å². The minimum absolute atomic E-state index is 0.135. The highest BCUT2D eigenvalue weighted by Gasteiger charge is 2.16. The van der Waals surface area contributed by atoms with Gasteiger partial charge in [-0.1, -0.05) is 51.5 Å². The van der Waals surface area contributed by atoms with E-state index >= 15 is 0 Å². The maximum Gasteiger partial charge on any atom is 0.273 e. The third-order valence-corrected chi connectivity index (χ3v) is 3.43. The molecule has 0 aromatic heterocycles. The van der Waals surface area contributed by atoms with Gasteiger partial charge in [-0.2, -0.15) is 0 Å². The number of alkyl halides is 1. The van der Waals surface area contributed by atoms with Gasteiger partial charge in [0.05, 0.1) is 4.92 Å². The minimum Gasteiger partial charge on any atom is -0.258 e. The van der Waals surface area contributed by atoms with Crippen LogP contribution in [0.1, 0.15) is 44.7 Å². The third-order valence-electron chi connectivity index (χ3n) is 3.12. The molecule has 0 atom stereocenters. The fraction of sp³-hybridized carbons (Fsp3) is 0.467. The van der Waals surface area contributed by atoms with Crippen molar-refractivity contribution in [1.82, 2.24) is 0 Å². The molecule has 104 valence electrons. The molecule has 4 heteroatoms. The largest absolute Gasteiger partial charge is 0.273 e. The van der Waals surface area contributed by atoms with Crippen LogP contribution in [0.5, 0.6) is 0 Å². The molecule has 0 unspecified atom stereocenters. The van der Waals surface area contributed by atoms with E-state index in [1.807, 2.05) is 32.1 Å². The van der Waals surface area contributed by atoms with Crippen molar-refractivity contribution >= 4 is 23.4 Å². The maximum atomic E-state index is 11.1. The van der Waals surface area contributed by atoms with Crippen LogP contribution in [0.15, 0.2) is 23.8 Å². The number of hydrogen-bond acceptors (Lipinski definition) is 2. The summed E-state index contributed by atoms with van der Waals surface area (Å²) in [4.78, 5) is 10.8. The Morgan fingerprint density at radius 3 is 2.42 bits per heavy atom. The molecule has 0 aliphatic carbocycles. The van der Waals surface area contributed by atoms with Crippen LogP contribution in [0.25, 0.3) is 6.08 Å². The lowest BCUT2D eigenvalue weighted by molar-refractivity contribution is -0.385. The molecule has 0 heterocycles. The Morgan fingerprint density at radius 2 is 2.00 bits per heavy atom. The maximum absolute atomic E-state index is 11.1. The van der Waals surface area contributed by atoms with Gasteiger partial charge in [0.1, 0.15) is 0 Å². The number of rotatable bonds is 5. The lowest BCUT2D eigenvalue weighted by Crippen LogP contribution is -1.99. The standard InChI is InChI=1S/C15H20ClNO2/c1-10(2)13(9-16)7-12-5-6-14(11(3)4)15(8-12)17(18)19/h5-8,10-11H,9H2,1-4H3/b13-7-. The molecule has 1 aromatic rings. The SMILES string of the molecule is CC(C)/C(=C\c1ccc(C(C)C)c([N+](=O)[O-])c1)CCl. The Labute approximate surface area is 119 Å². The smallest absolute Gasteiger partial charge is 0.258 e. The number of nitro groups is 1. The highest BCUT2D eigenvalue weighted by molar-refractivity contribution is 6.19. The lowest BCUT2D eigenvalue weighted by atomic mass is 9.97. The predicted molar refractivity (Wildman–Crippen MR) is 80.7 cm³/mol. The van der Waals surface area contributed by atoms with Gasteiger partial charge >= 0.3 is 0 Å². The van der Waals surface area contributed by atoms with Crippen LogP contribution in [-0.4, -0.2) is 10.8 Å². The van der Waals surface area contributed by atoms with Gasteiger partial charge in [-0.25, -0.2) is 0 Å². The van der Waals surface area contributed by atoms with Crippen molar-refractivity contribution in [3.05, 3.63) is 45.0 Å². The summed E-state index contributed by atoms with van der Waals surface area (Å²) in [5.41, 5.74) is 2.86. The molecule has 0 fully saturated rings. The van der Waals surface area contributed by atoms with E-state index < -0.39 is 0 Å². The van der Waals surface area contributed by atoms with Crippen molar-refractivity contribution in [2.45, 2.75) is 33.6 Å². The summed E-state index contributed by atoms with van der Waals surface area (Å²) >= 11 is 5.89. The normalized spacial score (nSPS) is 12.3. The van der Waals surface area contributed by atoms with Crippen LogP contribution in [0.4, 0.5) is 5.69 Å². The molecule has 0 radical (unpaired) electrons. The van der Waals surface area contributed by atoms with Gasteiger partial charge in [0.2, 0.25) is 0 Å². The summed E-state index contributed by atoms with van der Waals surface area (Å²) in [5.74, 6) is 0.912. The summed E-state index contributed by atoms with van der Waals surface area (Å²) in [7, 11) is 0. The molecule has 0 bridgehead atoms. The molecule has 0 aliphatic heterocycles. The van der Waals surface area contributed by atoms with Crippen molar-refractivity contribution in [3.8, 4) is 0 Å². The number of nitro benzene ring substituents is 1. The number of halogens is 1. The van der Waals surface area contributed by atoms with Crippen molar-refractivity contribution in [3.63, 3.8) is 0 Å². The average Bonchev–Trinajstić information content (AvgIpc) is 2.34. The number of hydrogen-bond donors (Lipinski definition) is 0. The van der Waals surface area contributed by atoms with Gasteiger partial charge in [-0.05, 0) is 17.4 Å². The van der Waals surface area contributed by atoms with E-state index in [2.05, 4.69) is 13.8 Å². The second-order valence-corrected chi connectivity index (χ2v) is 5.50. The molecule has 0 aliphatic rings. The first-order valence-electron chi connectivity index (χ1n) is 6.41. The zero-order valence-electron chi connectivity index (χ0n) is 11.8. The van der Waals surface area contributed by atoms with Gasteiger partial charge in [0.15, 0.2) is 0 Å². The molecular weight excluding hydrogens is 262 g/mol. The van der Waals surface area contributed by atoms with Crippen LogP contribution in [-0.2, 0) is 0 Å². The fourth-order valence-corrected chi connectivity index (χ4v) is 2.26. The minimum atomic E-state index is -0.317. The van der Waals surface area contributed by atoms with Crippen molar-refractivity contribution in [2.24, 2.45) is 5.92 Å². The Morgan fingerprint density at radius 1 is 1.37 bits per heavy atom. The topological polar surface area (TPSA) is 43.1 Å². The summed E-state index contributed by atoms with van der Waals surface area (Å²) in [6, 6.07) is 5.38. The second-order valence-electron chi connectivity index (χ2n) is 5.24. The number of benzene rings is 1. The van der Waals surface area contributed by atoms with E-state index in [-0.39, 0.29) is 16.5 Å². The first-order valence-corrected chi connectivity index (χ1v) is 6.95. The molecule has 19 heavy (non-hydrogen) atoms. The molecule has 0 amide bonds. The lowest BCUT2D eigenvalue weighted by Gasteiger charge is -2.10. The summed E-state index contributed by atoms with van der Waals surface area (Å²) in [5, 5.41) is 11.1. The number of allylic oxidation sites excluding steroid dienone is 1. The molecule has 0 spiro atoms. The Kier molecular flexibility index (Phi) is 5.55. The van der Waals surface area contributed by atoms with E-state index in [4.69, 9.17) is 11.6 Å². The van der Waals surface area contributed by atoms with Crippen LogP contribution in [0.2, 0.25) is 0 Å². The monoisotopic (exact) mass is 281 g/mol. The number of nitrogens with zero attached hydrogens (tertiary/aromatic N) is 1. The molecule has 0 N–H and O–H groups in total. The molecule has 1 aromatic carbocycles. The Balaban J connectivity index is 3.26. The highest BCUT2D eigenvalue weighted by atomic mass is 35.5. The van der Waals surface area contributed by atoms with E-state index in [1.54, 1.807) is 6.07 Å². The van der Waals surface area contributed by atoms with Crippen molar-refractivity contribution in [2.75, 3.05) is 5.88 Å². The van der Waals surface area contributed by atoms with Crippen LogP contribution >= 0.6 is 11.6 Å². The fourth-order valence-electron chi connectivity index (χ4n) is 1.87. The summed E-state index contributed by atoms with van der Waals surface area (Å²) in [6.45, 7) is 8.03. The zero-order chi connectivity index (χ0) is 14.6. The third kappa shape index (κ3) is 4.06. The zero-order valence-corrected chi connectivity index (χ0v) is 12.6.